The van der Waals surface area contributed by atoms with E-state index in [1.54, 1.807) is 12.1 Å². The van der Waals surface area contributed by atoms with Crippen molar-refractivity contribution in [1.82, 2.24) is 10.2 Å². The number of hydrogen-bond acceptors (Lipinski definition) is 2. The van der Waals surface area contributed by atoms with Crippen molar-refractivity contribution in [3.05, 3.63) is 35.6 Å². The molecule has 2 aliphatic rings. The summed E-state index contributed by atoms with van der Waals surface area (Å²) in [6, 6.07) is 5.75. The van der Waals surface area contributed by atoms with E-state index in [-0.39, 0.29) is 24.3 Å². The van der Waals surface area contributed by atoms with E-state index in [1.807, 2.05) is 0 Å². The molecule has 2 heterocycles. The van der Waals surface area contributed by atoms with Crippen LogP contribution in [0.4, 0.5) is 9.18 Å². The number of piperidine rings is 1. The third-order valence-corrected chi connectivity index (χ3v) is 4.28. The molecule has 1 aromatic carbocycles. The Morgan fingerprint density at radius 3 is 2.70 bits per heavy atom. The minimum absolute atomic E-state index is 0.113. The third-order valence-electron chi connectivity index (χ3n) is 4.28. The van der Waals surface area contributed by atoms with Crippen molar-refractivity contribution in [2.24, 2.45) is 5.41 Å². The van der Waals surface area contributed by atoms with Gasteiger partial charge in [0, 0.05) is 13.1 Å². The number of nitrogens with one attached hydrogen (secondary N) is 1. The Bertz CT molecular complexity index is 560. The number of rotatable bonds is 1. The molecule has 1 spiro atoms. The van der Waals surface area contributed by atoms with Gasteiger partial charge in [-0.05, 0) is 30.5 Å². The first-order valence-corrected chi connectivity index (χ1v) is 6.57. The van der Waals surface area contributed by atoms with Crippen molar-refractivity contribution in [2.75, 3.05) is 13.1 Å². The fourth-order valence-corrected chi connectivity index (χ4v) is 3.19. The molecule has 0 radical (unpaired) electrons. The number of carboxylic acid groups (broad SMARTS) is 1. The minimum atomic E-state index is -0.998. The molecule has 0 bridgehead atoms. The van der Waals surface area contributed by atoms with Gasteiger partial charge in [-0.15, -0.1) is 0 Å². The van der Waals surface area contributed by atoms with E-state index < -0.39 is 11.5 Å². The second-order valence-corrected chi connectivity index (χ2v) is 5.42. The maximum absolute atomic E-state index is 13.0. The van der Waals surface area contributed by atoms with Gasteiger partial charge >= 0.3 is 6.09 Å². The van der Waals surface area contributed by atoms with E-state index in [0.717, 1.165) is 5.56 Å². The number of amides is 2. The Hall–Kier alpha value is -2.11. The molecule has 3 rings (SSSR count). The van der Waals surface area contributed by atoms with Crippen LogP contribution in [0.2, 0.25) is 0 Å². The molecule has 2 fully saturated rings. The zero-order valence-corrected chi connectivity index (χ0v) is 10.8. The number of nitrogens with zero attached hydrogens (tertiary/aromatic N) is 1. The first-order chi connectivity index (χ1) is 9.53. The lowest BCUT2D eigenvalue weighted by Crippen LogP contribution is -2.67. The molecule has 2 amide bonds. The maximum atomic E-state index is 13.0. The van der Waals surface area contributed by atoms with Crippen LogP contribution in [0.25, 0.3) is 0 Å². The van der Waals surface area contributed by atoms with Crippen LogP contribution < -0.4 is 5.32 Å². The molecule has 1 aromatic rings. The van der Waals surface area contributed by atoms with Crippen molar-refractivity contribution in [3.63, 3.8) is 0 Å². The SMILES string of the molecule is O=C(O)N1CCCC2(C1)C(=O)NC2c1ccc(F)cc1. The fourth-order valence-electron chi connectivity index (χ4n) is 3.19. The molecule has 0 saturated carbocycles. The lowest BCUT2D eigenvalue weighted by atomic mass is 9.65. The predicted molar refractivity (Wildman–Crippen MR) is 68.5 cm³/mol. The van der Waals surface area contributed by atoms with Crippen LogP contribution in [0.5, 0.6) is 0 Å². The third kappa shape index (κ3) is 1.83. The Balaban J connectivity index is 1.88. The summed E-state index contributed by atoms with van der Waals surface area (Å²) in [4.78, 5) is 24.4. The largest absolute Gasteiger partial charge is 0.465 e. The summed E-state index contributed by atoms with van der Waals surface area (Å²) < 4.78 is 13.0. The van der Waals surface area contributed by atoms with Crippen molar-refractivity contribution in [3.8, 4) is 0 Å². The van der Waals surface area contributed by atoms with Gasteiger partial charge in [0.1, 0.15) is 5.82 Å². The van der Waals surface area contributed by atoms with Crippen LogP contribution in [0.3, 0.4) is 0 Å². The van der Waals surface area contributed by atoms with E-state index in [0.29, 0.717) is 19.4 Å². The van der Waals surface area contributed by atoms with E-state index in [1.165, 1.54) is 17.0 Å². The molecule has 0 aliphatic carbocycles. The van der Waals surface area contributed by atoms with Gasteiger partial charge in [-0.3, -0.25) is 4.79 Å². The standard InChI is InChI=1S/C14H15FN2O3/c15-10-4-2-9(3-5-10)11-14(12(18)16-11)6-1-7-17(8-14)13(19)20/h2-5,11H,1,6-8H2,(H,16,18)(H,19,20). The van der Waals surface area contributed by atoms with Gasteiger partial charge in [-0.2, -0.15) is 0 Å². The Morgan fingerprint density at radius 2 is 2.10 bits per heavy atom. The van der Waals surface area contributed by atoms with Gasteiger partial charge in [0.25, 0.3) is 0 Å². The fraction of sp³-hybridized carbons (Fsp3) is 0.429. The second-order valence-electron chi connectivity index (χ2n) is 5.42. The van der Waals surface area contributed by atoms with Gasteiger partial charge in [-0.25, -0.2) is 9.18 Å². The van der Waals surface area contributed by atoms with Crippen LogP contribution in [0.1, 0.15) is 24.4 Å². The molecular formula is C14H15FN2O3. The summed E-state index contributed by atoms with van der Waals surface area (Å²) in [7, 11) is 0. The summed E-state index contributed by atoms with van der Waals surface area (Å²) in [6.07, 6.45) is 0.323. The van der Waals surface area contributed by atoms with Gasteiger partial charge in [0.2, 0.25) is 5.91 Å². The zero-order valence-electron chi connectivity index (χ0n) is 10.8. The summed E-state index contributed by atoms with van der Waals surface area (Å²) >= 11 is 0. The summed E-state index contributed by atoms with van der Waals surface area (Å²) in [5, 5.41) is 11.9. The number of carbonyl (C=O) groups excluding carboxylic acids is 1. The lowest BCUT2D eigenvalue weighted by molar-refractivity contribution is -0.151. The molecule has 2 unspecified atom stereocenters. The Morgan fingerprint density at radius 1 is 1.40 bits per heavy atom. The predicted octanol–water partition coefficient (Wildman–Crippen LogP) is 1.76. The highest BCUT2D eigenvalue weighted by atomic mass is 19.1. The molecule has 2 saturated heterocycles. The summed E-state index contributed by atoms with van der Waals surface area (Å²) in [5.41, 5.74) is 0.118. The molecular weight excluding hydrogens is 263 g/mol. The Labute approximate surface area is 115 Å². The molecule has 6 heteroatoms. The zero-order chi connectivity index (χ0) is 14.3. The molecule has 0 aromatic heterocycles. The topological polar surface area (TPSA) is 69.6 Å². The average molecular weight is 278 g/mol. The van der Waals surface area contributed by atoms with Crippen molar-refractivity contribution in [2.45, 2.75) is 18.9 Å². The normalized spacial score (nSPS) is 28.9. The monoisotopic (exact) mass is 278 g/mol. The number of β-lactam (4-membered cyclic amide) rings is 1. The average Bonchev–Trinajstić information content (AvgIpc) is 2.46. The summed E-state index contributed by atoms with van der Waals surface area (Å²) in [5.74, 6) is -0.443. The molecule has 106 valence electrons. The quantitative estimate of drug-likeness (QED) is 0.769. The molecule has 5 nitrogen and oxygen atoms in total. The number of carbonyl (C=O) groups is 2. The van der Waals surface area contributed by atoms with Crippen LogP contribution >= 0.6 is 0 Å². The van der Waals surface area contributed by atoms with Crippen LogP contribution in [0, 0.1) is 11.2 Å². The van der Waals surface area contributed by atoms with E-state index >= 15 is 0 Å². The first-order valence-electron chi connectivity index (χ1n) is 6.57. The van der Waals surface area contributed by atoms with Crippen molar-refractivity contribution < 1.29 is 19.1 Å². The molecule has 2 aliphatic heterocycles. The highest BCUT2D eigenvalue weighted by molar-refractivity contribution is 5.91. The van der Waals surface area contributed by atoms with Crippen molar-refractivity contribution >= 4 is 12.0 Å². The minimum Gasteiger partial charge on any atom is -0.465 e. The first kappa shape index (κ1) is 12.9. The van der Waals surface area contributed by atoms with Crippen LogP contribution in [-0.4, -0.2) is 35.1 Å². The van der Waals surface area contributed by atoms with Gasteiger partial charge < -0.3 is 15.3 Å². The number of benzene rings is 1. The molecule has 20 heavy (non-hydrogen) atoms. The molecule has 2 N–H and O–H groups in total. The van der Waals surface area contributed by atoms with E-state index in [2.05, 4.69) is 5.32 Å². The van der Waals surface area contributed by atoms with Gasteiger partial charge in [0.15, 0.2) is 0 Å². The Kier molecular flexibility index (Phi) is 2.88. The lowest BCUT2D eigenvalue weighted by Gasteiger charge is -2.52. The van der Waals surface area contributed by atoms with Crippen LogP contribution in [0.15, 0.2) is 24.3 Å². The molecule has 2 atom stereocenters. The van der Waals surface area contributed by atoms with E-state index in [9.17, 15) is 14.0 Å². The number of halogens is 1. The number of hydrogen-bond donors (Lipinski definition) is 2. The highest BCUT2D eigenvalue weighted by Crippen LogP contribution is 2.48. The van der Waals surface area contributed by atoms with Crippen LogP contribution in [-0.2, 0) is 4.79 Å². The van der Waals surface area contributed by atoms with Gasteiger partial charge in [-0.1, -0.05) is 12.1 Å². The second kappa shape index (κ2) is 4.47. The smallest absolute Gasteiger partial charge is 0.407 e. The number of likely N-dealkylation sites (tertiary alicyclic amines) is 1. The van der Waals surface area contributed by atoms with Gasteiger partial charge in [0.05, 0.1) is 11.5 Å². The van der Waals surface area contributed by atoms with E-state index in [4.69, 9.17) is 5.11 Å². The maximum Gasteiger partial charge on any atom is 0.407 e. The summed E-state index contributed by atoms with van der Waals surface area (Å²) in [6.45, 7) is 0.663. The van der Waals surface area contributed by atoms with Crippen molar-refractivity contribution in [1.29, 1.82) is 0 Å². The highest BCUT2D eigenvalue weighted by Gasteiger charge is 2.57.